The van der Waals surface area contributed by atoms with Crippen LogP contribution >= 0.6 is 11.6 Å². The second-order valence-electron chi connectivity index (χ2n) is 9.88. The molecule has 0 bridgehead atoms. The Hall–Kier alpha value is -2.73. The predicted octanol–water partition coefficient (Wildman–Crippen LogP) is 3.73. The van der Waals surface area contributed by atoms with Crippen LogP contribution in [0.3, 0.4) is 0 Å². The molecule has 2 aromatic rings. The van der Waals surface area contributed by atoms with Gasteiger partial charge in [-0.2, -0.15) is 10.2 Å². The first kappa shape index (κ1) is 25.9. The summed E-state index contributed by atoms with van der Waals surface area (Å²) in [7, 11) is 0. The first-order valence-corrected chi connectivity index (χ1v) is 12.1. The molecule has 0 unspecified atom stereocenters. The number of hydrogen-bond donors (Lipinski definition) is 1. The highest BCUT2D eigenvalue weighted by molar-refractivity contribution is 6.32. The zero-order valence-corrected chi connectivity index (χ0v) is 21.3. The molecule has 182 valence electrons. The van der Waals surface area contributed by atoms with E-state index >= 15 is 0 Å². The van der Waals surface area contributed by atoms with Gasteiger partial charge in [0.05, 0.1) is 6.20 Å². The quantitative estimate of drug-likeness (QED) is 0.572. The van der Waals surface area contributed by atoms with Gasteiger partial charge in [-0.15, -0.1) is 0 Å². The van der Waals surface area contributed by atoms with E-state index in [1.807, 2.05) is 39.0 Å². The van der Waals surface area contributed by atoms with Crippen molar-refractivity contribution in [2.45, 2.75) is 40.7 Å². The van der Waals surface area contributed by atoms with Crippen molar-refractivity contribution in [2.75, 3.05) is 44.3 Å². The van der Waals surface area contributed by atoms with Gasteiger partial charge < -0.3 is 4.90 Å². The van der Waals surface area contributed by atoms with Gasteiger partial charge in [0.25, 0.3) is 5.91 Å². The number of nitrogens with one attached hydrogen (secondary N) is 1. The summed E-state index contributed by atoms with van der Waals surface area (Å²) < 4.78 is 0. The number of nitrogens with zero attached hydrogens (tertiary/aromatic N) is 6. The number of halogens is 1. The number of carbonyl (C=O) groups excluding carboxylic acids is 1. The number of hydrazine groups is 1. The van der Waals surface area contributed by atoms with Crippen LogP contribution in [0.5, 0.6) is 0 Å². The molecule has 3 rings (SSSR count). The second-order valence-corrected chi connectivity index (χ2v) is 10.3. The number of benzene rings is 1. The number of anilines is 1. The highest BCUT2D eigenvalue weighted by Gasteiger charge is 2.23. The summed E-state index contributed by atoms with van der Waals surface area (Å²) in [6.07, 6.45) is 2.56. The first-order chi connectivity index (χ1) is 16.2. The molecule has 1 fully saturated rings. The summed E-state index contributed by atoms with van der Waals surface area (Å²) in [5.41, 5.74) is 4.43. The van der Waals surface area contributed by atoms with Crippen LogP contribution in [-0.4, -0.2) is 64.9 Å². The molecule has 1 aliphatic heterocycles. The lowest BCUT2D eigenvalue weighted by molar-refractivity contribution is 0.0944. The average molecular weight is 484 g/mol. The normalized spacial score (nSPS) is 15.1. The Kier molecular flexibility index (Phi) is 8.84. The lowest BCUT2D eigenvalue weighted by Crippen LogP contribution is -2.47. The van der Waals surface area contributed by atoms with E-state index in [9.17, 15) is 10.1 Å². The minimum atomic E-state index is -0.257. The Morgan fingerprint density at radius 2 is 1.94 bits per heavy atom. The van der Waals surface area contributed by atoms with Crippen LogP contribution in [0.4, 0.5) is 5.82 Å². The first-order valence-electron chi connectivity index (χ1n) is 11.7. The molecule has 8 nitrogen and oxygen atoms in total. The predicted molar refractivity (Wildman–Crippen MR) is 134 cm³/mol. The molecule has 0 atom stereocenters. The Morgan fingerprint density at radius 1 is 1.24 bits per heavy atom. The van der Waals surface area contributed by atoms with Gasteiger partial charge in [-0.05, 0) is 36.1 Å². The maximum Gasteiger partial charge on any atom is 0.269 e. The van der Waals surface area contributed by atoms with Gasteiger partial charge in [0.1, 0.15) is 11.1 Å². The van der Waals surface area contributed by atoms with E-state index in [1.165, 1.54) is 12.6 Å². The molecule has 1 aromatic heterocycles. The molecule has 2 heterocycles. The van der Waals surface area contributed by atoms with Crippen LogP contribution in [0, 0.1) is 16.7 Å². The molecule has 0 radical (unpaired) electrons. The van der Waals surface area contributed by atoms with Gasteiger partial charge in [-0.3, -0.25) is 20.1 Å². The van der Waals surface area contributed by atoms with Crippen molar-refractivity contribution >= 4 is 23.3 Å². The number of piperazine rings is 1. The summed E-state index contributed by atoms with van der Waals surface area (Å²) in [5, 5.41) is 11.1. The maximum atomic E-state index is 13.2. The zero-order valence-electron chi connectivity index (χ0n) is 20.5. The average Bonchev–Trinajstić information content (AvgIpc) is 2.80. The molecule has 9 heteroatoms. The Bertz CT molecular complexity index is 1020. The van der Waals surface area contributed by atoms with Crippen molar-refractivity contribution in [2.24, 2.45) is 5.41 Å². The van der Waals surface area contributed by atoms with Crippen LogP contribution < -0.4 is 10.4 Å². The third-order valence-corrected chi connectivity index (χ3v) is 5.82. The van der Waals surface area contributed by atoms with Crippen molar-refractivity contribution in [3.8, 4) is 6.07 Å². The van der Waals surface area contributed by atoms with E-state index in [-0.39, 0.29) is 22.2 Å². The van der Waals surface area contributed by atoms with Crippen molar-refractivity contribution < 1.29 is 4.79 Å². The van der Waals surface area contributed by atoms with E-state index in [2.05, 4.69) is 38.2 Å². The fourth-order valence-electron chi connectivity index (χ4n) is 3.99. The molecular formula is C25H34ClN7O. The Balaban J connectivity index is 1.73. The zero-order chi connectivity index (χ0) is 24.7. The maximum absolute atomic E-state index is 13.2. The number of hydrogen-bond acceptors (Lipinski definition) is 7. The molecule has 34 heavy (non-hydrogen) atoms. The summed E-state index contributed by atoms with van der Waals surface area (Å²) in [4.78, 5) is 26.3. The number of nitriles is 1. The lowest BCUT2D eigenvalue weighted by Gasteiger charge is -2.34. The van der Waals surface area contributed by atoms with E-state index in [4.69, 9.17) is 11.6 Å². The highest BCUT2D eigenvalue weighted by Crippen LogP contribution is 2.25. The molecule has 0 aliphatic carbocycles. The minimum Gasteiger partial charge on any atom is -0.301 e. The third-order valence-electron chi connectivity index (χ3n) is 5.55. The van der Waals surface area contributed by atoms with Crippen molar-refractivity contribution in [1.82, 2.24) is 25.2 Å². The number of rotatable bonds is 8. The van der Waals surface area contributed by atoms with Gasteiger partial charge in [-0.25, -0.2) is 4.98 Å². The molecule has 1 saturated heterocycles. The Labute approximate surface area is 207 Å². The van der Waals surface area contributed by atoms with Gasteiger partial charge in [0.15, 0.2) is 5.82 Å². The van der Waals surface area contributed by atoms with E-state index in [0.29, 0.717) is 17.9 Å². The van der Waals surface area contributed by atoms with Gasteiger partial charge in [0, 0.05) is 44.8 Å². The largest absolute Gasteiger partial charge is 0.301 e. The molecule has 1 aliphatic rings. The summed E-state index contributed by atoms with van der Waals surface area (Å²) >= 11 is 6.33. The molecule has 0 spiro atoms. The molecule has 1 amide bonds. The van der Waals surface area contributed by atoms with E-state index < -0.39 is 0 Å². The van der Waals surface area contributed by atoms with Crippen LogP contribution in [0.2, 0.25) is 5.02 Å². The van der Waals surface area contributed by atoms with Crippen LogP contribution in [-0.2, 0) is 6.54 Å². The van der Waals surface area contributed by atoms with Crippen LogP contribution in [0.1, 0.15) is 55.9 Å². The fourth-order valence-corrected chi connectivity index (χ4v) is 4.18. The highest BCUT2D eigenvalue weighted by atomic mass is 35.5. The molecular weight excluding hydrogens is 450 g/mol. The van der Waals surface area contributed by atoms with Crippen molar-refractivity contribution in [1.29, 1.82) is 5.26 Å². The monoisotopic (exact) mass is 483 g/mol. The molecule has 1 aromatic carbocycles. The summed E-state index contributed by atoms with van der Waals surface area (Å²) in [6.45, 7) is 15.0. The number of amides is 1. The lowest BCUT2D eigenvalue weighted by atomic mass is 9.97. The van der Waals surface area contributed by atoms with Gasteiger partial charge >= 0.3 is 0 Å². The number of carbonyl (C=O) groups is 1. The SMILES string of the molecule is CCCN1CCN(Cc2cccc(C(=O)NN(CC(C)(C)C)c3nc(C#N)ncc3Cl)c2)CC1. The third kappa shape index (κ3) is 7.39. The number of aromatic nitrogens is 2. The van der Waals surface area contributed by atoms with E-state index in [0.717, 1.165) is 44.8 Å². The summed E-state index contributed by atoms with van der Waals surface area (Å²) in [6, 6.07) is 9.63. The van der Waals surface area contributed by atoms with Gasteiger partial charge in [-0.1, -0.05) is 51.4 Å². The minimum absolute atomic E-state index is 0.00594. The van der Waals surface area contributed by atoms with Crippen LogP contribution in [0.15, 0.2) is 30.5 Å². The fraction of sp³-hybridized carbons (Fsp3) is 0.520. The summed E-state index contributed by atoms with van der Waals surface area (Å²) in [5.74, 6) is 0.0400. The van der Waals surface area contributed by atoms with Crippen molar-refractivity contribution in [3.05, 3.63) is 52.4 Å². The van der Waals surface area contributed by atoms with Crippen LogP contribution in [0.25, 0.3) is 0 Å². The molecule has 0 saturated carbocycles. The van der Waals surface area contributed by atoms with Crippen molar-refractivity contribution in [3.63, 3.8) is 0 Å². The van der Waals surface area contributed by atoms with Gasteiger partial charge in [0.2, 0.25) is 5.82 Å². The van der Waals surface area contributed by atoms with E-state index in [1.54, 1.807) is 11.1 Å². The smallest absolute Gasteiger partial charge is 0.269 e. The topological polar surface area (TPSA) is 88.4 Å². The standard InChI is InChI=1S/C25H34ClN7O/c1-5-9-31-10-12-32(13-11-31)17-19-7-6-8-20(14-19)24(34)30-33(18-25(2,3)4)23-21(26)16-28-22(15-27)29-23/h6-8,14,16H,5,9-13,17-18H2,1-4H3,(H,30,34). The molecule has 1 N–H and O–H groups in total. The second kappa shape index (κ2) is 11.6. The Morgan fingerprint density at radius 3 is 2.59 bits per heavy atom.